The highest BCUT2D eigenvalue weighted by molar-refractivity contribution is 6.12. The quantitative estimate of drug-likeness (QED) is 0.0860. The summed E-state index contributed by atoms with van der Waals surface area (Å²) in [6.45, 7) is 10.5. The van der Waals surface area contributed by atoms with E-state index in [9.17, 15) is 43.5 Å². The van der Waals surface area contributed by atoms with Crippen molar-refractivity contribution < 1.29 is 52.9 Å². The molecule has 3 rings (SSSR count). The number of imide groups is 1. The molecule has 2 heterocycles. The lowest BCUT2D eigenvalue weighted by molar-refractivity contribution is -0.147. The highest BCUT2D eigenvalue weighted by Gasteiger charge is 2.43. The van der Waals surface area contributed by atoms with E-state index in [0.29, 0.717) is 51.6 Å². The predicted molar refractivity (Wildman–Crippen MR) is 248 cm³/mol. The summed E-state index contributed by atoms with van der Waals surface area (Å²) in [4.78, 5) is 112. The van der Waals surface area contributed by atoms with Crippen molar-refractivity contribution in [2.45, 2.75) is 129 Å². The summed E-state index contributed by atoms with van der Waals surface area (Å²) < 4.78 is 11.9. The van der Waals surface area contributed by atoms with Crippen LogP contribution in [0, 0.1) is 17.8 Å². The molecule has 3 N–H and O–H groups in total. The Morgan fingerprint density at radius 1 is 0.864 bits per heavy atom. The summed E-state index contributed by atoms with van der Waals surface area (Å²) in [7, 11) is 7.89. The average molecular weight is 926 g/mol. The predicted octanol–water partition coefficient (Wildman–Crippen LogP) is 3.33. The van der Waals surface area contributed by atoms with Crippen LogP contribution in [0.1, 0.15) is 91.5 Å². The van der Waals surface area contributed by atoms with Crippen LogP contribution >= 0.6 is 0 Å². The van der Waals surface area contributed by atoms with Crippen molar-refractivity contribution in [2.75, 3.05) is 61.5 Å². The molecule has 1 saturated heterocycles. The number of benzene rings is 1. The van der Waals surface area contributed by atoms with Gasteiger partial charge in [0.2, 0.25) is 23.6 Å². The van der Waals surface area contributed by atoms with Gasteiger partial charge in [0.1, 0.15) is 12.1 Å². The second-order valence-electron chi connectivity index (χ2n) is 18.1. The molecule has 368 valence electrons. The third kappa shape index (κ3) is 15.4. The average Bonchev–Trinajstić information content (AvgIpc) is 3.91. The molecule has 1 fully saturated rings. The number of carboxylic acid groups (broad SMARTS) is 1. The molecule has 0 bridgehead atoms. The van der Waals surface area contributed by atoms with E-state index in [-0.39, 0.29) is 73.7 Å². The standard InChI is InChI=1S/C48H75N7O11/c1-11-32(4)43(37(65-9)30-41(59)54-26-18-21-36(54)44(66-10)33(5)45(60)49-35(47(62)63)29-34-19-14-12-15-20-34)53(8)46(61)42(31(2)3)50-48(64)52(7)28-27-51(6)38(56)22-16-13-17-25-55-39(57)23-24-40(55)58/h12,14-15,19-20,23-24,31-33,35-37,42-44H,11,13,16-18,21-22,25-30H2,1-10H3,(H,49,60)(H,50,64)(H,62,63)/t32-,33+,35-,36-,37+,42-,43-,44+/m0/s1. The van der Waals surface area contributed by atoms with Crippen molar-refractivity contribution in [3.8, 4) is 0 Å². The van der Waals surface area contributed by atoms with Gasteiger partial charge in [-0.2, -0.15) is 0 Å². The topological polar surface area (TPSA) is 216 Å². The van der Waals surface area contributed by atoms with Crippen LogP contribution in [-0.4, -0.2) is 175 Å². The lowest BCUT2D eigenvalue weighted by Crippen LogP contribution is -2.59. The Morgan fingerprint density at radius 3 is 2.08 bits per heavy atom. The third-order valence-electron chi connectivity index (χ3n) is 13.1. The number of unbranched alkanes of at least 4 members (excludes halogenated alkanes) is 2. The van der Waals surface area contributed by atoms with Crippen LogP contribution in [0.25, 0.3) is 0 Å². The van der Waals surface area contributed by atoms with Crippen molar-refractivity contribution in [1.82, 2.24) is 35.1 Å². The fraction of sp³-hybridized carbons (Fsp3) is 0.667. The van der Waals surface area contributed by atoms with Crippen LogP contribution in [0.4, 0.5) is 4.79 Å². The van der Waals surface area contributed by atoms with E-state index in [1.165, 1.54) is 36.2 Å². The van der Waals surface area contributed by atoms with E-state index >= 15 is 0 Å². The van der Waals surface area contributed by atoms with Crippen LogP contribution in [0.2, 0.25) is 0 Å². The van der Waals surface area contributed by atoms with Crippen LogP contribution in [0.5, 0.6) is 0 Å². The lowest BCUT2D eigenvalue weighted by Gasteiger charge is -2.41. The molecule has 0 saturated carbocycles. The molecule has 2 aliphatic heterocycles. The fourth-order valence-corrected chi connectivity index (χ4v) is 8.73. The first-order valence-corrected chi connectivity index (χ1v) is 23.3. The van der Waals surface area contributed by atoms with E-state index in [0.717, 1.165) is 5.56 Å². The third-order valence-corrected chi connectivity index (χ3v) is 13.1. The Kier molecular flexibility index (Phi) is 22.2. The van der Waals surface area contributed by atoms with Crippen molar-refractivity contribution in [1.29, 1.82) is 0 Å². The molecule has 8 atom stereocenters. The number of amides is 8. The Labute approximate surface area is 390 Å². The second kappa shape index (κ2) is 26.7. The van der Waals surface area contributed by atoms with E-state index in [1.807, 2.05) is 33.8 Å². The Hall–Kier alpha value is -5.36. The number of carbonyl (C=O) groups excluding carboxylic acids is 7. The van der Waals surface area contributed by atoms with Gasteiger partial charge >= 0.3 is 12.0 Å². The summed E-state index contributed by atoms with van der Waals surface area (Å²) in [5, 5.41) is 15.5. The first kappa shape index (κ1) is 55.0. The van der Waals surface area contributed by atoms with Gasteiger partial charge in [-0.1, -0.05) is 77.8 Å². The molecule has 18 heteroatoms. The number of aliphatic carboxylic acids is 1. The fourth-order valence-electron chi connectivity index (χ4n) is 8.73. The molecule has 1 aromatic carbocycles. The van der Waals surface area contributed by atoms with E-state index < -0.39 is 60.2 Å². The van der Waals surface area contributed by atoms with E-state index in [4.69, 9.17) is 9.47 Å². The number of hydrogen-bond donors (Lipinski definition) is 3. The van der Waals surface area contributed by atoms with Gasteiger partial charge in [-0.25, -0.2) is 9.59 Å². The number of likely N-dealkylation sites (N-methyl/N-ethyl adjacent to an activating group) is 3. The summed E-state index contributed by atoms with van der Waals surface area (Å²) in [5.74, 6) is -4.19. The number of ether oxygens (including phenoxy) is 2. The zero-order valence-electron chi connectivity index (χ0n) is 40.7. The number of nitrogens with one attached hydrogen (secondary N) is 2. The lowest BCUT2D eigenvalue weighted by atomic mass is 9.89. The summed E-state index contributed by atoms with van der Waals surface area (Å²) in [6, 6.07) is 5.45. The molecule has 0 aromatic heterocycles. The van der Waals surface area contributed by atoms with E-state index in [1.54, 1.807) is 67.0 Å². The maximum absolute atomic E-state index is 14.4. The van der Waals surface area contributed by atoms with Crippen LogP contribution in [0.15, 0.2) is 42.5 Å². The molecule has 8 amide bonds. The normalized spacial score (nSPS) is 18.0. The number of methoxy groups -OCH3 is 2. The van der Waals surface area contributed by atoms with Crippen LogP contribution < -0.4 is 10.6 Å². The molecule has 1 aromatic rings. The highest BCUT2D eigenvalue weighted by Crippen LogP contribution is 2.30. The van der Waals surface area contributed by atoms with Crippen LogP contribution in [0.3, 0.4) is 0 Å². The number of rotatable bonds is 27. The maximum Gasteiger partial charge on any atom is 0.326 e. The Bertz CT molecular complexity index is 1830. The molecule has 66 heavy (non-hydrogen) atoms. The van der Waals surface area contributed by atoms with Gasteiger partial charge in [0.15, 0.2) is 0 Å². The molecule has 0 spiro atoms. The van der Waals surface area contributed by atoms with Gasteiger partial charge in [-0.05, 0) is 43.1 Å². The van der Waals surface area contributed by atoms with Gasteiger partial charge in [0.25, 0.3) is 11.8 Å². The molecule has 0 radical (unpaired) electrons. The minimum atomic E-state index is -1.16. The molecular formula is C48H75N7O11. The monoisotopic (exact) mass is 926 g/mol. The number of carboxylic acids is 1. The van der Waals surface area contributed by atoms with Crippen molar-refractivity contribution in [2.24, 2.45) is 17.8 Å². The smallest absolute Gasteiger partial charge is 0.326 e. The number of urea groups is 1. The summed E-state index contributed by atoms with van der Waals surface area (Å²) in [5.41, 5.74) is 0.765. The Morgan fingerprint density at radius 2 is 1.50 bits per heavy atom. The van der Waals surface area contributed by atoms with E-state index in [2.05, 4.69) is 10.6 Å². The van der Waals surface area contributed by atoms with Gasteiger partial charge in [0, 0.05) is 86.5 Å². The van der Waals surface area contributed by atoms with Crippen molar-refractivity contribution >= 4 is 47.4 Å². The Balaban J connectivity index is 1.61. The van der Waals surface area contributed by atoms with Gasteiger partial charge in [-0.3, -0.25) is 33.7 Å². The molecule has 0 aliphatic carbocycles. The van der Waals surface area contributed by atoms with Crippen LogP contribution in [-0.2, 0) is 49.5 Å². The van der Waals surface area contributed by atoms with Gasteiger partial charge < -0.3 is 44.8 Å². The molecule has 2 aliphatic rings. The number of hydrogen-bond acceptors (Lipinski definition) is 10. The molecular weight excluding hydrogens is 851 g/mol. The van der Waals surface area contributed by atoms with Crippen molar-refractivity contribution in [3.63, 3.8) is 0 Å². The second-order valence-corrected chi connectivity index (χ2v) is 18.1. The zero-order chi connectivity index (χ0) is 49.2. The number of carbonyl (C=O) groups is 8. The summed E-state index contributed by atoms with van der Waals surface area (Å²) in [6.07, 6.45) is 5.12. The SMILES string of the molecule is CC[C@H](C)[C@@H]([C@@H](CC(=O)N1CCC[C@H]1[C@H](OC)[C@@H](C)C(=O)N[C@@H](Cc1ccccc1)C(=O)O)OC)N(C)C(=O)[C@@H](NC(=O)N(C)CCN(C)C(=O)CCCCCN1C(=O)C=CC1=O)C(C)C. The molecule has 0 unspecified atom stereocenters. The van der Waals surface area contributed by atoms with Gasteiger partial charge in [-0.15, -0.1) is 0 Å². The maximum atomic E-state index is 14.4. The number of nitrogens with zero attached hydrogens (tertiary/aromatic N) is 5. The first-order chi connectivity index (χ1) is 31.3. The van der Waals surface area contributed by atoms with Gasteiger partial charge in [0.05, 0.1) is 36.6 Å². The molecule has 18 nitrogen and oxygen atoms in total. The zero-order valence-corrected chi connectivity index (χ0v) is 40.7. The highest BCUT2D eigenvalue weighted by atomic mass is 16.5. The minimum Gasteiger partial charge on any atom is -0.480 e. The number of likely N-dealkylation sites (tertiary alicyclic amines) is 1. The minimum absolute atomic E-state index is 0.0686. The van der Waals surface area contributed by atoms with Crippen molar-refractivity contribution in [3.05, 3.63) is 48.0 Å². The first-order valence-electron chi connectivity index (χ1n) is 23.3. The largest absolute Gasteiger partial charge is 0.480 e. The summed E-state index contributed by atoms with van der Waals surface area (Å²) >= 11 is 0.